The van der Waals surface area contributed by atoms with Gasteiger partial charge in [0.1, 0.15) is 17.4 Å². The minimum absolute atomic E-state index is 0.107. The molecule has 0 saturated carbocycles. The summed E-state index contributed by atoms with van der Waals surface area (Å²) in [7, 11) is 0. The van der Waals surface area contributed by atoms with Crippen LogP contribution in [0.4, 0.5) is 4.79 Å². The molecular weight excluding hydrogens is 268 g/mol. The Morgan fingerprint density at radius 1 is 1.45 bits per heavy atom. The van der Waals surface area contributed by atoms with Crippen LogP contribution in [0.25, 0.3) is 0 Å². The van der Waals surface area contributed by atoms with E-state index < -0.39 is 23.6 Å². The molecule has 2 aliphatic heterocycles. The third kappa shape index (κ3) is 1.49. The largest absolute Gasteiger partial charge is 0.480 e. The number of carbonyl (C=O) groups excluding carboxylic acids is 1. The molecule has 3 rings (SSSR count). The van der Waals surface area contributed by atoms with E-state index in [2.05, 4.69) is 10.3 Å². The molecule has 2 atom stereocenters. The normalized spacial score (nSPS) is 28.3. The number of amides is 2. The lowest BCUT2D eigenvalue weighted by atomic mass is 9.92. The zero-order chi connectivity index (χ0) is 14.5. The Balaban J connectivity index is 2.08. The number of nitrogens with one attached hydrogen (secondary N) is 1. The number of carboxylic acids is 1. The zero-order valence-electron chi connectivity index (χ0n) is 10.3. The van der Waals surface area contributed by atoms with Crippen molar-refractivity contribution in [3.05, 3.63) is 18.2 Å². The van der Waals surface area contributed by atoms with Gasteiger partial charge >= 0.3 is 12.1 Å². The van der Waals surface area contributed by atoms with E-state index in [0.717, 1.165) is 4.90 Å². The molecule has 0 aliphatic carbocycles. The van der Waals surface area contributed by atoms with Crippen LogP contribution >= 0.6 is 0 Å². The van der Waals surface area contributed by atoms with Gasteiger partial charge in [0.2, 0.25) is 5.91 Å². The van der Waals surface area contributed by atoms with Crippen LogP contribution in [-0.2, 0) is 21.7 Å². The van der Waals surface area contributed by atoms with E-state index in [-0.39, 0.29) is 25.4 Å². The molecule has 106 valence electrons. The van der Waals surface area contributed by atoms with Gasteiger partial charge in [0.15, 0.2) is 0 Å². The van der Waals surface area contributed by atoms with E-state index in [1.165, 1.54) is 6.20 Å². The molecule has 2 aliphatic rings. The van der Waals surface area contributed by atoms with Crippen LogP contribution < -0.4 is 5.32 Å². The molecule has 9 nitrogen and oxygen atoms in total. The zero-order valence-corrected chi connectivity index (χ0v) is 10.3. The Kier molecular flexibility index (Phi) is 2.46. The first-order valence-electron chi connectivity index (χ1n) is 5.99. The van der Waals surface area contributed by atoms with E-state index in [0.29, 0.717) is 5.82 Å². The molecular formula is C11H12N4O5. The summed E-state index contributed by atoms with van der Waals surface area (Å²) in [6.45, 7) is 0.0485. The molecule has 3 heterocycles. The van der Waals surface area contributed by atoms with E-state index in [9.17, 15) is 14.4 Å². The van der Waals surface area contributed by atoms with Crippen LogP contribution in [-0.4, -0.2) is 55.2 Å². The van der Waals surface area contributed by atoms with E-state index in [1.807, 2.05) is 0 Å². The van der Waals surface area contributed by atoms with Crippen molar-refractivity contribution in [2.75, 3.05) is 6.54 Å². The Morgan fingerprint density at radius 3 is 2.80 bits per heavy atom. The molecule has 0 radical (unpaired) electrons. The summed E-state index contributed by atoms with van der Waals surface area (Å²) in [6, 6.07) is -1.24. The topological polar surface area (TPSA) is 125 Å². The van der Waals surface area contributed by atoms with Gasteiger partial charge in [0, 0.05) is 18.8 Å². The van der Waals surface area contributed by atoms with Gasteiger partial charge in [-0.05, 0) is 0 Å². The van der Waals surface area contributed by atoms with Crippen molar-refractivity contribution in [1.82, 2.24) is 19.8 Å². The summed E-state index contributed by atoms with van der Waals surface area (Å²) in [5.74, 6) is -1.05. The molecule has 20 heavy (non-hydrogen) atoms. The summed E-state index contributed by atoms with van der Waals surface area (Å²) >= 11 is 0. The van der Waals surface area contributed by atoms with Gasteiger partial charge in [-0.15, -0.1) is 0 Å². The summed E-state index contributed by atoms with van der Waals surface area (Å²) in [4.78, 5) is 39.6. The number of fused-ring (bicyclic) bond motifs is 2. The van der Waals surface area contributed by atoms with Crippen molar-refractivity contribution >= 4 is 18.0 Å². The van der Waals surface area contributed by atoms with Crippen LogP contribution in [0.5, 0.6) is 0 Å². The maximum Gasteiger partial charge on any atom is 0.408 e. The van der Waals surface area contributed by atoms with Crippen LogP contribution in [0.15, 0.2) is 12.4 Å². The van der Waals surface area contributed by atoms with E-state index in [4.69, 9.17) is 10.2 Å². The lowest BCUT2D eigenvalue weighted by Gasteiger charge is -2.34. The number of nitrogens with zero attached hydrogens (tertiary/aromatic N) is 3. The number of aliphatic carboxylic acids is 1. The fourth-order valence-electron chi connectivity index (χ4n) is 2.94. The lowest BCUT2D eigenvalue weighted by molar-refractivity contribution is -0.141. The smallest absolute Gasteiger partial charge is 0.408 e. The van der Waals surface area contributed by atoms with Gasteiger partial charge in [-0.1, -0.05) is 0 Å². The highest BCUT2D eigenvalue weighted by molar-refractivity contribution is 5.90. The second-order valence-electron chi connectivity index (χ2n) is 4.90. The van der Waals surface area contributed by atoms with Crippen molar-refractivity contribution in [3.63, 3.8) is 0 Å². The molecule has 1 spiro atoms. The van der Waals surface area contributed by atoms with Gasteiger partial charge in [0.25, 0.3) is 0 Å². The Morgan fingerprint density at radius 2 is 2.20 bits per heavy atom. The first-order chi connectivity index (χ1) is 9.45. The highest BCUT2D eigenvalue weighted by Gasteiger charge is 2.56. The minimum Gasteiger partial charge on any atom is -0.480 e. The fraction of sp³-hybridized carbons (Fsp3) is 0.455. The highest BCUT2D eigenvalue weighted by atomic mass is 16.4. The van der Waals surface area contributed by atoms with Gasteiger partial charge in [-0.25, -0.2) is 14.6 Å². The standard InChI is InChI=1S/C11H12N4O5/c16-8(17)6-3-11(5-14(6)10(19)20)9(18)13-4-7-12-1-2-15(7)11/h1-2,6H,3-5H2,(H,13,18)(H,16,17)(H,19,20)/t6-,11+/m0/s1. The predicted octanol–water partition coefficient (Wildman–Crippen LogP) is -0.955. The molecule has 0 aromatic carbocycles. The highest BCUT2D eigenvalue weighted by Crippen LogP contribution is 2.37. The van der Waals surface area contributed by atoms with Crippen LogP contribution in [0.1, 0.15) is 12.2 Å². The Labute approximate surface area is 112 Å². The van der Waals surface area contributed by atoms with E-state index >= 15 is 0 Å². The number of aromatic nitrogens is 2. The molecule has 0 unspecified atom stereocenters. The Hall–Kier alpha value is -2.58. The van der Waals surface area contributed by atoms with Crippen molar-refractivity contribution < 1.29 is 24.6 Å². The summed E-state index contributed by atoms with van der Waals surface area (Å²) in [5, 5.41) is 20.9. The molecule has 1 fully saturated rings. The van der Waals surface area contributed by atoms with Crippen molar-refractivity contribution in [1.29, 1.82) is 0 Å². The predicted molar refractivity (Wildman–Crippen MR) is 62.8 cm³/mol. The van der Waals surface area contributed by atoms with Crippen molar-refractivity contribution in [2.24, 2.45) is 0 Å². The van der Waals surface area contributed by atoms with Crippen LogP contribution in [0.2, 0.25) is 0 Å². The third-order valence-electron chi connectivity index (χ3n) is 3.88. The third-order valence-corrected chi connectivity index (χ3v) is 3.88. The SMILES string of the molecule is O=C(O)[C@@H]1C[C@@]2(CN1C(=O)O)C(=O)NCc1nccn12. The quantitative estimate of drug-likeness (QED) is 0.608. The number of rotatable bonds is 1. The van der Waals surface area contributed by atoms with Crippen LogP contribution in [0, 0.1) is 0 Å². The average Bonchev–Trinajstić information content (AvgIpc) is 3.00. The number of likely N-dealkylation sites (tertiary alicyclic amines) is 1. The molecule has 2 amide bonds. The summed E-state index contributed by atoms with van der Waals surface area (Å²) in [6.07, 6.45) is 1.63. The van der Waals surface area contributed by atoms with Gasteiger partial charge in [-0.2, -0.15) is 0 Å². The van der Waals surface area contributed by atoms with Crippen LogP contribution in [0.3, 0.4) is 0 Å². The number of carbonyl (C=O) groups is 3. The number of imidazole rings is 1. The molecule has 1 saturated heterocycles. The molecule has 9 heteroatoms. The van der Waals surface area contributed by atoms with Crippen molar-refractivity contribution in [2.45, 2.75) is 24.5 Å². The molecule has 0 bridgehead atoms. The second-order valence-corrected chi connectivity index (χ2v) is 4.90. The van der Waals surface area contributed by atoms with E-state index in [1.54, 1.807) is 10.8 Å². The number of hydrogen-bond donors (Lipinski definition) is 3. The first kappa shape index (κ1) is 12.5. The van der Waals surface area contributed by atoms with Gasteiger partial charge in [0.05, 0.1) is 13.1 Å². The maximum absolute atomic E-state index is 12.2. The second kappa shape index (κ2) is 3.95. The minimum atomic E-state index is -1.35. The van der Waals surface area contributed by atoms with Crippen molar-refractivity contribution in [3.8, 4) is 0 Å². The maximum atomic E-state index is 12.2. The molecule has 3 N–H and O–H groups in total. The molecule has 1 aromatic heterocycles. The average molecular weight is 280 g/mol. The van der Waals surface area contributed by atoms with Gasteiger partial charge in [-0.3, -0.25) is 9.69 Å². The summed E-state index contributed by atoms with van der Waals surface area (Å²) < 4.78 is 1.59. The monoisotopic (exact) mass is 280 g/mol. The molecule has 1 aromatic rings. The Bertz CT molecular complexity index is 588. The fourth-order valence-corrected chi connectivity index (χ4v) is 2.94. The number of carboxylic acid groups (broad SMARTS) is 2. The van der Waals surface area contributed by atoms with Gasteiger partial charge < -0.3 is 20.1 Å². The summed E-state index contributed by atoms with van der Waals surface area (Å²) in [5.41, 5.74) is -1.23. The number of hydrogen-bond acceptors (Lipinski definition) is 4. The lowest BCUT2D eigenvalue weighted by Crippen LogP contribution is -2.55. The first-order valence-corrected chi connectivity index (χ1v) is 5.99.